The quantitative estimate of drug-likeness (QED) is 0.0361. The Hall–Kier alpha value is -1.79. The lowest BCUT2D eigenvalue weighted by molar-refractivity contribution is -0.359. The minimum absolute atomic E-state index is 0.266. The first-order chi connectivity index (χ1) is 27.6. The molecule has 12 atom stereocenters. The Bertz CT molecular complexity index is 1100. The molecule has 0 aromatic rings. The van der Waals surface area contributed by atoms with Crippen LogP contribution in [0.2, 0.25) is 0 Å². The van der Waals surface area contributed by atoms with Gasteiger partial charge >= 0.3 is 0 Å². The number of rotatable bonds is 31. The van der Waals surface area contributed by atoms with Crippen molar-refractivity contribution in [2.24, 2.45) is 0 Å². The summed E-state index contributed by atoms with van der Waals surface area (Å²) < 4.78 is 22.5. The van der Waals surface area contributed by atoms with E-state index in [0.29, 0.717) is 12.8 Å². The Kier molecular flexibility index (Phi) is 28.1. The third kappa shape index (κ3) is 19.9. The second-order valence-electron chi connectivity index (χ2n) is 15.5. The molecule has 0 aromatic heterocycles. The molecule has 0 aromatic carbocycles. The number of amides is 1. The van der Waals surface area contributed by atoms with E-state index in [1.165, 1.54) is 44.9 Å². The number of carbonyl (C=O) groups excluding carboxylic acids is 1. The van der Waals surface area contributed by atoms with Gasteiger partial charge in [0.1, 0.15) is 48.8 Å². The van der Waals surface area contributed by atoms with Crippen LogP contribution in [-0.4, -0.2) is 140 Å². The fourth-order valence-corrected chi connectivity index (χ4v) is 6.91. The Labute approximate surface area is 341 Å². The highest BCUT2D eigenvalue weighted by Crippen LogP contribution is 2.29. The van der Waals surface area contributed by atoms with Crippen molar-refractivity contribution in [3.63, 3.8) is 0 Å². The average molecular weight is 816 g/mol. The topological polar surface area (TPSA) is 228 Å². The van der Waals surface area contributed by atoms with Gasteiger partial charge in [-0.1, -0.05) is 121 Å². The van der Waals surface area contributed by atoms with Gasteiger partial charge in [-0.25, -0.2) is 0 Å². The number of ether oxygens (including phenoxy) is 4. The zero-order valence-corrected chi connectivity index (χ0v) is 34.6. The number of hydrogen-bond donors (Lipinski definition) is 9. The molecule has 0 radical (unpaired) electrons. The number of carbonyl (C=O) groups is 1. The van der Waals surface area contributed by atoms with E-state index < -0.39 is 86.8 Å². The van der Waals surface area contributed by atoms with Gasteiger partial charge < -0.3 is 65.1 Å². The Morgan fingerprint density at radius 3 is 1.72 bits per heavy atom. The Morgan fingerprint density at radius 2 is 1.12 bits per heavy atom. The average Bonchev–Trinajstić information content (AvgIpc) is 3.21. The van der Waals surface area contributed by atoms with Gasteiger partial charge in [0.25, 0.3) is 0 Å². The van der Waals surface area contributed by atoms with Crippen LogP contribution in [0.25, 0.3) is 0 Å². The monoisotopic (exact) mass is 816 g/mol. The molecule has 0 saturated carbocycles. The van der Waals surface area contributed by atoms with Crippen LogP contribution in [0.5, 0.6) is 0 Å². The van der Waals surface area contributed by atoms with Crippen molar-refractivity contribution in [2.75, 3.05) is 19.8 Å². The maximum absolute atomic E-state index is 12.9. The van der Waals surface area contributed by atoms with Crippen LogP contribution in [-0.2, 0) is 23.7 Å². The van der Waals surface area contributed by atoms with Crippen molar-refractivity contribution in [1.29, 1.82) is 0 Å². The molecule has 2 aliphatic heterocycles. The molecule has 2 fully saturated rings. The molecule has 2 heterocycles. The lowest BCUT2D eigenvalue weighted by Crippen LogP contribution is -2.65. The summed E-state index contributed by atoms with van der Waals surface area (Å²) in [6, 6.07) is -0.930. The molecule has 9 N–H and O–H groups in total. The van der Waals surface area contributed by atoms with Crippen molar-refractivity contribution < 1.29 is 64.6 Å². The largest absolute Gasteiger partial charge is 0.394 e. The van der Waals surface area contributed by atoms with E-state index in [2.05, 4.69) is 43.5 Å². The lowest BCUT2D eigenvalue weighted by atomic mass is 9.97. The Balaban J connectivity index is 1.91. The standard InChI is InChI=1S/C43H77NO13/c1-3-5-7-9-11-12-13-14-15-16-17-18-19-20-21-22-24-26-32(47)31(44-35(48)27-25-23-10-8-6-4-2)30-54-42-40(53)38(51)41(34(29-46)56-42)57-43-39(52)37(50)36(49)33(28-45)55-43/h15-16,19-20,24,26,31-34,36-43,45-47,49-53H,3-14,17-18,21-23,25,27-30H2,1-2H3,(H,44,48)/b16-15+,20-19+,26-24+. The SMILES string of the molecule is CCCCCCCCC/C=C/CC/C=C/CC/C=C/C(O)C(COC1OC(CO)C(OC2OC(CO)C(O)C(O)C2O)C(O)C1O)NC(=O)CCCCCCCC. The van der Waals surface area contributed by atoms with Crippen LogP contribution >= 0.6 is 0 Å². The zero-order valence-electron chi connectivity index (χ0n) is 34.6. The molecule has 1 amide bonds. The maximum atomic E-state index is 12.9. The van der Waals surface area contributed by atoms with Gasteiger partial charge in [0.2, 0.25) is 5.91 Å². The molecule has 0 aliphatic carbocycles. The van der Waals surface area contributed by atoms with E-state index in [-0.39, 0.29) is 18.9 Å². The van der Waals surface area contributed by atoms with Crippen LogP contribution in [0, 0.1) is 0 Å². The minimum Gasteiger partial charge on any atom is -0.394 e. The highest BCUT2D eigenvalue weighted by molar-refractivity contribution is 5.76. The van der Waals surface area contributed by atoms with Gasteiger partial charge in [-0.05, 0) is 44.9 Å². The molecule has 14 heteroatoms. The van der Waals surface area contributed by atoms with Gasteiger partial charge in [0.15, 0.2) is 12.6 Å². The van der Waals surface area contributed by atoms with Crippen LogP contribution in [0.3, 0.4) is 0 Å². The predicted octanol–water partition coefficient (Wildman–Crippen LogP) is 3.59. The summed E-state index contributed by atoms with van der Waals surface area (Å²) >= 11 is 0. The molecule has 2 saturated heterocycles. The van der Waals surface area contributed by atoms with Crippen molar-refractivity contribution in [1.82, 2.24) is 5.32 Å². The maximum Gasteiger partial charge on any atom is 0.220 e. The van der Waals surface area contributed by atoms with Gasteiger partial charge in [-0.2, -0.15) is 0 Å². The molecule has 57 heavy (non-hydrogen) atoms. The molecule has 2 rings (SSSR count). The highest BCUT2D eigenvalue weighted by atomic mass is 16.7. The first-order valence-electron chi connectivity index (χ1n) is 21.7. The summed E-state index contributed by atoms with van der Waals surface area (Å²) in [6.07, 6.45) is 15.2. The van der Waals surface area contributed by atoms with Crippen molar-refractivity contribution in [3.05, 3.63) is 36.5 Å². The third-order valence-corrected chi connectivity index (χ3v) is 10.6. The van der Waals surface area contributed by atoms with Crippen LogP contribution in [0.1, 0.15) is 136 Å². The third-order valence-electron chi connectivity index (χ3n) is 10.6. The van der Waals surface area contributed by atoms with Crippen molar-refractivity contribution >= 4 is 5.91 Å². The summed E-state index contributed by atoms with van der Waals surface area (Å²) in [5.74, 6) is -0.266. The zero-order chi connectivity index (χ0) is 41.8. The number of aliphatic hydroxyl groups excluding tert-OH is 8. The van der Waals surface area contributed by atoms with Crippen molar-refractivity contribution in [2.45, 2.75) is 209 Å². The molecule has 0 spiro atoms. The van der Waals surface area contributed by atoms with E-state index in [1.807, 2.05) is 6.08 Å². The van der Waals surface area contributed by atoms with Gasteiger partial charge in [0.05, 0.1) is 32.0 Å². The fourth-order valence-electron chi connectivity index (χ4n) is 6.91. The van der Waals surface area contributed by atoms with E-state index in [9.17, 15) is 45.6 Å². The number of hydrogen-bond acceptors (Lipinski definition) is 13. The lowest BCUT2D eigenvalue weighted by Gasteiger charge is -2.46. The predicted molar refractivity (Wildman–Crippen MR) is 217 cm³/mol. The van der Waals surface area contributed by atoms with Crippen LogP contribution in [0.4, 0.5) is 0 Å². The van der Waals surface area contributed by atoms with Gasteiger partial charge in [0, 0.05) is 6.42 Å². The highest BCUT2D eigenvalue weighted by Gasteiger charge is 2.50. The van der Waals surface area contributed by atoms with E-state index in [4.69, 9.17) is 18.9 Å². The molecular weight excluding hydrogens is 738 g/mol. The number of nitrogens with one attached hydrogen (secondary N) is 1. The van der Waals surface area contributed by atoms with Crippen molar-refractivity contribution in [3.8, 4) is 0 Å². The fraction of sp³-hybridized carbons (Fsp3) is 0.837. The summed E-state index contributed by atoms with van der Waals surface area (Å²) in [5, 5.41) is 86.1. The van der Waals surface area contributed by atoms with Gasteiger partial charge in [-0.15, -0.1) is 0 Å². The number of aliphatic hydroxyl groups is 8. The van der Waals surface area contributed by atoms with Crippen LogP contribution in [0.15, 0.2) is 36.5 Å². The second kappa shape index (κ2) is 31.1. The molecule has 14 nitrogen and oxygen atoms in total. The van der Waals surface area contributed by atoms with E-state index in [0.717, 1.165) is 57.8 Å². The number of allylic oxidation sites excluding steroid dienone is 5. The molecule has 12 unspecified atom stereocenters. The minimum atomic E-state index is -1.79. The summed E-state index contributed by atoms with van der Waals surface area (Å²) in [7, 11) is 0. The normalized spacial score (nSPS) is 29.4. The van der Waals surface area contributed by atoms with Crippen LogP contribution < -0.4 is 5.32 Å². The summed E-state index contributed by atoms with van der Waals surface area (Å²) in [5.41, 5.74) is 0. The Morgan fingerprint density at radius 1 is 0.614 bits per heavy atom. The first kappa shape index (κ1) is 51.4. The second-order valence-corrected chi connectivity index (χ2v) is 15.5. The first-order valence-corrected chi connectivity index (χ1v) is 21.7. The number of unbranched alkanes of at least 4 members (excludes halogenated alkanes) is 14. The molecule has 0 bridgehead atoms. The molecule has 2 aliphatic rings. The van der Waals surface area contributed by atoms with E-state index in [1.54, 1.807) is 6.08 Å². The van der Waals surface area contributed by atoms with E-state index >= 15 is 0 Å². The molecular formula is C43H77NO13. The van der Waals surface area contributed by atoms with Gasteiger partial charge in [-0.3, -0.25) is 4.79 Å². The molecule has 332 valence electrons. The smallest absolute Gasteiger partial charge is 0.220 e. The summed E-state index contributed by atoms with van der Waals surface area (Å²) in [6.45, 7) is 2.64. The summed E-state index contributed by atoms with van der Waals surface area (Å²) in [4.78, 5) is 12.9.